The summed E-state index contributed by atoms with van der Waals surface area (Å²) in [6.07, 6.45) is 6.49. The van der Waals surface area contributed by atoms with Crippen LogP contribution in [0.2, 0.25) is 0 Å². The van der Waals surface area contributed by atoms with Crippen LogP contribution >= 0.6 is 0 Å². The predicted molar refractivity (Wildman–Crippen MR) is 99.1 cm³/mol. The van der Waals surface area contributed by atoms with E-state index < -0.39 is 6.04 Å². The van der Waals surface area contributed by atoms with Crippen LogP contribution in [0.25, 0.3) is 0 Å². The molecular formula is C20H27N3O2. The quantitative estimate of drug-likeness (QED) is 0.777. The van der Waals surface area contributed by atoms with Crippen LogP contribution in [0.4, 0.5) is 5.69 Å². The van der Waals surface area contributed by atoms with Gasteiger partial charge in [0, 0.05) is 18.3 Å². The molecule has 2 amide bonds. The van der Waals surface area contributed by atoms with Gasteiger partial charge in [-0.1, -0.05) is 38.1 Å². The van der Waals surface area contributed by atoms with Crippen molar-refractivity contribution in [2.45, 2.75) is 45.2 Å². The number of para-hydroxylation sites is 1. The molecule has 2 aliphatic rings. The summed E-state index contributed by atoms with van der Waals surface area (Å²) >= 11 is 0. The van der Waals surface area contributed by atoms with Crippen molar-refractivity contribution in [3.63, 3.8) is 0 Å². The molecule has 1 aromatic carbocycles. The van der Waals surface area contributed by atoms with Crippen molar-refractivity contribution in [3.8, 4) is 0 Å². The lowest BCUT2D eigenvalue weighted by atomic mass is 10.0. The molecule has 5 nitrogen and oxygen atoms in total. The first kappa shape index (κ1) is 17.7. The van der Waals surface area contributed by atoms with Gasteiger partial charge in [0.2, 0.25) is 5.91 Å². The van der Waals surface area contributed by atoms with Crippen LogP contribution in [-0.4, -0.2) is 30.4 Å². The van der Waals surface area contributed by atoms with Crippen molar-refractivity contribution in [2.24, 2.45) is 17.6 Å². The maximum absolute atomic E-state index is 12.6. The van der Waals surface area contributed by atoms with Crippen molar-refractivity contribution < 1.29 is 9.59 Å². The normalized spacial score (nSPS) is 19.1. The highest BCUT2D eigenvalue weighted by Crippen LogP contribution is 2.33. The van der Waals surface area contributed by atoms with Gasteiger partial charge >= 0.3 is 0 Å². The molecule has 1 fully saturated rings. The summed E-state index contributed by atoms with van der Waals surface area (Å²) < 4.78 is 0. The Morgan fingerprint density at radius 1 is 1.28 bits per heavy atom. The molecule has 1 saturated carbocycles. The Balaban J connectivity index is 1.64. The molecule has 1 heterocycles. The third-order valence-electron chi connectivity index (χ3n) is 5.06. The molecule has 1 aliphatic carbocycles. The first-order valence-corrected chi connectivity index (χ1v) is 9.11. The van der Waals surface area contributed by atoms with Crippen molar-refractivity contribution in [1.82, 2.24) is 5.32 Å². The third-order valence-corrected chi connectivity index (χ3v) is 5.06. The first-order chi connectivity index (χ1) is 12.0. The highest BCUT2D eigenvalue weighted by molar-refractivity contribution is 6.03. The van der Waals surface area contributed by atoms with E-state index >= 15 is 0 Å². The topological polar surface area (TPSA) is 75.4 Å². The predicted octanol–water partition coefficient (Wildman–Crippen LogP) is 2.01. The molecule has 25 heavy (non-hydrogen) atoms. The maximum atomic E-state index is 12.6. The second-order valence-corrected chi connectivity index (χ2v) is 7.37. The number of nitrogens with zero attached hydrogens (tertiary/aromatic N) is 1. The largest absolute Gasteiger partial charge is 0.348 e. The van der Waals surface area contributed by atoms with Crippen molar-refractivity contribution in [1.29, 1.82) is 0 Å². The molecular weight excluding hydrogens is 314 g/mol. The molecule has 3 rings (SSSR count). The van der Waals surface area contributed by atoms with Crippen LogP contribution in [-0.2, 0) is 16.0 Å². The van der Waals surface area contributed by atoms with Crippen LogP contribution < -0.4 is 16.0 Å². The van der Waals surface area contributed by atoms with Gasteiger partial charge in [0.15, 0.2) is 0 Å². The summed E-state index contributed by atoms with van der Waals surface area (Å²) in [5, 5.41) is 3.00. The number of benzene rings is 1. The highest BCUT2D eigenvalue weighted by Gasteiger charge is 2.32. The minimum Gasteiger partial charge on any atom is -0.348 e. The minimum absolute atomic E-state index is 0.0296. The van der Waals surface area contributed by atoms with Gasteiger partial charge in [-0.15, -0.1) is 0 Å². The number of amides is 2. The van der Waals surface area contributed by atoms with Gasteiger partial charge in [0.25, 0.3) is 5.91 Å². The summed E-state index contributed by atoms with van der Waals surface area (Å²) in [7, 11) is 0. The third kappa shape index (κ3) is 4.10. The number of rotatable bonds is 6. The van der Waals surface area contributed by atoms with E-state index in [0.717, 1.165) is 24.9 Å². The molecule has 0 aromatic heterocycles. The van der Waals surface area contributed by atoms with E-state index in [9.17, 15) is 9.59 Å². The summed E-state index contributed by atoms with van der Waals surface area (Å²) in [6, 6.07) is 7.37. The van der Waals surface area contributed by atoms with Crippen LogP contribution in [0.3, 0.4) is 0 Å². The van der Waals surface area contributed by atoms with Crippen molar-refractivity contribution >= 4 is 17.5 Å². The molecule has 0 spiro atoms. The monoisotopic (exact) mass is 341 g/mol. The lowest BCUT2D eigenvalue weighted by Gasteiger charge is -2.20. The Labute approximate surface area is 149 Å². The number of hydrogen-bond donors (Lipinski definition) is 2. The zero-order valence-corrected chi connectivity index (χ0v) is 14.9. The average molecular weight is 341 g/mol. The summed E-state index contributed by atoms with van der Waals surface area (Å²) in [6.45, 7) is 4.57. The smallest absolute Gasteiger partial charge is 0.250 e. The Hall–Kier alpha value is -2.14. The molecule has 1 aliphatic heterocycles. The zero-order chi connectivity index (χ0) is 18.0. The van der Waals surface area contributed by atoms with E-state index in [1.54, 1.807) is 11.0 Å². The van der Waals surface area contributed by atoms with Gasteiger partial charge in [0.1, 0.15) is 0 Å². The summed E-state index contributed by atoms with van der Waals surface area (Å²) in [4.78, 5) is 26.6. The van der Waals surface area contributed by atoms with E-state index in [4.69, 9.17) is 5.73 Å². The van der Waals surface area contributed by atoms with E-state index in [0.29, 0.717) is 12.5 Å². The lowest BCUT2D eigenvalue weighted by molar-refractivity contribution is -0.123. The van der Waals surface area contributed by atoms with Gasteiger partial charge in [-0.05, 0) is 42.7 Å². The van der Waals surface area contributed by atoms with Crippen LogP contribution in [0.15, 0.2) is 36.4 Å². The minimum atomic E-state index is -0.518. The number of nitrogens with one attached hydrogen (secondary N) is 1. The number of anilines is 1. The van der Waals surface area contributed by atoms with E-state index in [1.807, 2.05) is 38.1 Å². The van der Waals surface area contributed by atoms with Gasteiger partial charge in [-0.3, -0.25) is 9.59 Å². The van der Waals surface area contributed by atoms with E-state index in [2.05, 4.69) is 11.4 Å². The Kier molecular flexibility index (Phi) is 5.23. The zero-order valence-electron chi connectivity index (χ0n) is 14.9. The molecule has 1 aromatic rings. The van der Waals surface area contributed by atoms with Gasteiger partial charge < -0.3 is 16.0 Å². The second-order valence-electron chi connectivity index (χ2n) is 7.37. The average Bonchev–Trinajstić information content (AvgIpc) is 3.35. The lowest BCUT2D eigenvalue weighted by Crippen LogP contribution is -2.48. The summed E-state index contributed by atoms with van der Waals surface area (Å²) in [5.74, 6) is 0.332. The van der Waals surface area contributed by atoms with Crippen molar-refractivity contribution in [3.05, 3.63) is 42.0 Å². The highest BCUT2D eigenvalue weighted by atomic mass is 16.2. The number of hydrogen-bond acceptors (Lipinski definition) is 3. The number of carbonyl (C=O) groups is 2. The SMILES string of the molecule is CC(C)[C@H](N)C(=O)N[C@H](/C=C/C(=O)N1CCc2ccccc21)C1CC1. The number of nitrogens with two attached hydrogens (primary N) is 1. The van der Waals surface area contributed by atoms with Crippen LogP contribution in [0.5, 0.6) is 0 Å². The fourth-order valence-electron chi connectivity index (χ4n) is 3.18. The first-order valence-electron chi connectivity index (χ1n) is 9.11. The Morgan fingerprint density at radius 2 is 2.00 bits per heavy atom. The van der Waals surface area contributed by atoms with E-state index in [-0.39, 0.29) is 23.8 Å². The molecule has 5 heteroatoms. The van der Waals surface area contributed by atoms with Gasteiger partial charge in [-0.25, -0.2) is 0 Å². The number of fused-ring (bicyclic) bond motifs is 1. The molecule has 3 N–H and O–H groups in total. The molecule has 134 valence electrons. The number of carbonyl (C=O) groups excluding carboxylic acids is 2. The Bertz CT molecular complexity index is 679. The summed E-state index contributed by atoms with van der Waals surface area (Å²) in [5.41, 5.74) is 8.13. The fourth-order valence-corrected chi connectivity index (χ4v) is 3.18. The van der Waals surface area contributed by atoms with Crippen molar-refractivity contribution in [2.75, 3.05) is 11.4 Å². The maximum Gasteiger partial charge on any atom is 0.250 e. The molecule has 0 unspecified atom stereocenters. The fraction of sp³-hybridized carbons (Fsp3) is 0.500. The standard InChI is InChI=1S/C20H27N3O2/c1-13(2)19(21)20(25)22-16(14-7-8-14)9-10-18(24)23-12-11-15-5-3-4-6-17(15)23/h3-6,9-10,13-14,16,19H,7-8,11-12,21H2,1-2H3,(H,22,25)/b10-9+/t16-,19+/m1/s1. The molecule has 2 atom stereocenters. The second kappa shape index (κ2) is 7.40. The van der Waals surface area contributed by atoms with E-state index in [1.165, 1.54) is 5.56 Å². The molecule has 0 bridgehead atoms. The van der Waals surface area contributed by atoms with Crippen LogP contribution in [0.1, 0.15) is 32.3 Å². The molecule has 0 radical (unpaired) electrons. The Morgan fingerprint density at radius 3 is 2.68 bits per heavy atom. The van der Waals surface area contributed by atoms with Crippen LogP contribution in [0, 0.1) is 11.8 Å². The van der Waals surface area contributed by atoms with Gasteiger partial charge in [0.05, 0.1) is 12.1 Å². The molecule has 0 saturated heterocycles. The van der Waals surface area contributed by atoms with Gasteiger partial charge in [-0.2, -0.15) is 0 Å².